The van der Waals surface area contributed by atoms with E-state index in [0.29, 0.717) is 40.6 Å². The van der Waals surface area contributed by atoms with Crippen molar-refractivity contribution >= 4 is 48.9 Å². The van der Waals surface area contributed by atoms with Crippen LogP contribution in [0.5, 0.6) is 0 Å². The molecule has 194 valence electrons. The van der Waals surface area contributed by atoms with Gasteiger partial charge in [0.15, 0.2) is 0 Å². The fourth-order valence-corrected chi connectivity index (χ4v) is 8.08. The Balaban J connectivity index is 1.36. The Morgan fingerprint density at radius 1 is 0.892 bits per heavy atom. The quantitative estimate of drug-likeness (QED) is 0.487. The van der Waals surface area contributed by atoms with Crippen LogP contribution in [0, 0.1) is 0 Å². The third-order valence-corrected chi connectivity index (χ3v) is 10.6. The van der Waals surface area contributed by atoms with Crippen LogP contribution >= 0.6 is 11.6 Å². The van der Waals surface area contributed by atoms with Gasteiger partial charge in [-0.3, -0.25) is 9.10 Å². The average Bonchev–Trinajstić information content (AvgIpc) is 3.18. The van der Waals surface area contributed by atoms with Crippen molar-refractivity contribution in [2.45, 2.75) is 35.5 Å². The molecule has 0 unspecified atom stereocenters. The minimum Gasteiger partial charge on any atom is -0.325 e. The normalized spacial score (nSPS) is 17.4. The molecular formula is C26H26ClN3O5S2. The molecule has 3 aromatic carbocycles. The number of anilines is 2. The van der Waals surface area contributed by atoms with Gasteiger partial charge in [-0.1, -0.05) is 42.6 Å². The van der Waals surface area contributed by atoms with Gasteiger partial charge in [-0.25, -0.2) is 16.8 Å². The van der Waals surface area contributed by atoms with Crippen LogP contribution in [0.15, 0.2) is 76.5 Å². The maximum Gasteiger partial charge on any atom is 0.265 e. The summed E-state index contributed by atoms with van der Waals surface area (Å²) in [6.07, 6.45) is 3.72. The Hall–Kier alpha value is -2.92. The zero-order valence-corrected chi connectivity index (χ0v) is 22.3. The lowest BCUT2D eigenvalue weighted by Gasteiger charge is -2.31. The Labute approximate surface area is 222 Å². The van der Waals surface area contributed by atoms with Gasteiger partial charge >= 0.3 is 0 Å². The molecule has 3 aromatic rings. The van der Waals surface area contributed by atoms with Crippen molar-refractivity contribution in [3.63, 3.8) is 0 Å². The third kappa shape index (κ3) is 4.98. The first-order valence-corrected chi connectivity index (χ1v) is 15.3. The largest absolute Gasteiger partial charge is 0.325 e. The zero-order chi connectivity index (χ0) is 26.2. The van der Waals surface area contributed by atoms with E-state index in [4.69, 9.17) is 11.6 Å². The third-order valence-electron chi connectivity index (χ3n) is 6.60. The summed E-state index contributed by atoms with van der Waals surface area (Å²) in [6, 6.07) is 17.4. The Bertz CT molecular complexity index is 1550. The molecule has 0 atom stereocenters. The number of benzene rings is 3. The number of amides is 1. The Kier molecular flexibility index (Phi) is 7.01. The summed E-state index contributed by atoms with van der Waals surface area (Å²) in [4.78, 5) is 13.2. The number of halogens is 1. The van der Waals surface area contributed by atoms with Crippen LogP contribution in [0.2, 0.25) is 5.02 Å². The minimum atomic E-state index is -3.99. The number of carbonyl (C=O) groups is 1. The molecule has 1 fully saturated rings. The molecule has 0 spiro atoms. The van der Waals surface area contributed by atoms with Gasteiger partial charge in [-0.15, -0.1) is 0 Å². The number of hydrogen-bond donors (Lipinski definition) is 1. The highest BCUT2D eigenvalue weighted by atomic mass is 35.5. The highest BCUT2D eigenvalue weighted by molar-refractivity contribution is 7.93. The number of carbonyl (C=O) groups excluding carboxylic acids is 1. The van der Waals surface area contributed by atoms with Gasteiger partial charge in [0.1, 0.15) is 6.54 Å². The molecule has 0 aliphatic carbocycles. The summed E-state index contributed by atoms with van der Waals surface area (Å²) in [6.45, 7) is 0.543. The second-order valence-electron chi connectivity index (χ2n) is 9.06. The van der Waals surface area contributed by atoms with Crippen molar-refractivity contribution in [1.29, 1.82) is 0 Å². The fraction of sp³-hybridized carbons (Fsp3) is 0.269. The lowest BCUT2D eigenvalue weighted by molar-refractivity contribution is -0.114. The molecule has 0 bridgehead atoms. The van der Waals surface area contributed by atoms with Crippen molar-refractivity contribution < 1.29 is 21.6 Å². The van der Waals surface area contributed by atoms with Crippen molar-refractivity contribution in [2.75, 3.05) is 29.3 Å². The highest BCUT2D eigenvalue weighted by Crippen LogP contribution is 2.43. The van der Waals surface area contributed by atoms with Crippen LogP contribution < -0.4 is 9.62 Å². The minimum absolute atomic E-state index is 0.0978. The van der Waals surface area contributed by atoms with Crippen LogP contribution in [0.25, 0.3) is 11.1 Å². The van der Waals surface area contributed by atoms with Gasteiger partial charge in [0, 0.05) is 34.9 Å². The molecule has 2 aliphatic rings. The molecular weight excluding hydrogens is 534 g/mol. The number of rotatable bonds is 5. The molecule has 5 rings (SSSR count). The number of nitrogens with zero attached hydrogens (tertiary/aromatic N) is 2. The van der Waals surface area contributed by atoms with Crippen molar-refractivity contribution in [3.8, 4) is 11.1 Å². The summed E-state index contributed by atoms with van der Waals surface area (Å²) in [7, 11) is -7.61. The molecule has 37 heavy (non-hydrogen) atoms. The molecule has 11 heteroatoms. The van der Waals surface area contributed by atoms with Crippen molar-refractivity contribution in [1.82, 2.24) is 4.31 Å². The van der Waals surface area contributed by atoms with Gasteiger partial charge in [-0.2, -0.15) is 4.31 Å². The van der Waals surface area contributed by atoms with Crippen LogP contribution in [0.3, 0.4) is 0 Å². The molecule has 1 amide bonds. The smallest absolute Gasteiger partial charge is 0.265 e. The Morgan fingerprint density at radius 3 is 2.27 bits per heavy atom. The first-order valence-electron chi connectivity index (χ1n) is 12.0. The maximum atomic E-state index is 13.4. The summed E-state index contributed by atoms with van der Waals surface area (Å²) < 4.78 is 55.4. The molecule has 0 aromatic heterocycles. The van der Waals surface area contributed by atoms with Crippen molar-refractivity contribution in [3.05, 3.63) is 71.8 Å². The van der Waals surface area contributed by atoms with E-state index in [1.165, 1.54) is 34.6 Å². The van der Waals surface area contributed by atoms with Crippen LogP contribution in [-0.4, -0.2) is 46.7 Å². The first-order chi connectivity index (χ1) is 17.7. The zero-order valence-electron chi connectivity index (χ0n) is 19.9. The highest BCUT2D eigenvalue weighted by Gasteiger charge is 2.36. The van der Waals surface area contributed by atoms with Crippen LogP contribution in [-0.2, 0) is 24.8 Å². The Morgan fingerprint density at radius 2 is 1.57 bits per heavy atom. The monoisotopic (exact) mass is 559 g/mol. The molecule has 1 N–H and O–H groups in total. The van der Waals surface area contributed by atoms with Crippen LogP contribution in [0.1, 0.15) is 25.7 Å². The predicted molar refractivity (Wildman–Crippen MR) is 144 cm³/mol. The average molecular weight is 560 g/mol. The second kappa shape index (κ2) is 10.1. The van der Waals surface area contributed by atoms with Gasteiger partial charge in [0.05, 0.1) is 15.5 Å². The summed E-state index contributed by atoms with van der Waals surface area (Å²) >= 11 is 6.18. The number of nitrogens with one attached hydrogen (secondary N) is 1. The number of sulfonamides is 2. The topological polar surface area (TPSA) is 104 Å². The predicted octanol–water partition coefficient (Wildman–Crippen LogP) is 4.72. The van der Waals surface area contributed by atoms with E-state index in [9.17, 15) is 21.6 Å². The van der Waals surface area contributed by atoms with Gasteiger partial charge in [0.2, 0.25) is 15.9 Å². The lowest BCUT2D eigenvalue weighted by Crippen LogP contribution is -2.40. The summed E-state index contributed by atoms with van der Waals surface area (Å²) in [5.74, 6) is -0.563. The SMILES string of the molecule is O=C(CN1c2ccc(Cl)cc2-c2ccccc2S1(=O)=O)Nc1ccc(S(=O)(=O)N2CCCCCC2)cc1. The standard InChI is InChI=1S/C26H26ClN3O5S2/c27-19-9-14-24-23(17-19)22-7-3-4-8-25(22)37(34,35)30(24)18-26(31)28-20-10-12-21(13-11-20)36(32,33)29-15-5-1-2-6-16-29/h3-4,7-14,17H,1-2,5-6,15-16,18H2,(H,28,31). The second-order valence-corrected chi connectivity index (χ2v) is 13.3. The van der Waals surface area contributed by atoms with E-state index < -0.39 is 32.5 Å². The molecule has 0 saturated carbocycles. The van der Waals surface area contributed by atoms with E-state index in [-0.39, 0.29) is 9.79 Å². The first kappa shape index (κ1) is 25.7. The fourth-order valence-electron chi connectivity index (χ4n) is 4.75. The van der Waals surface area contributed by atoms with E-state index in [1.807, 2.05) is 0 Å². The van der Waals surface area contributed by atoms with E-state index in [1.54, 1.807) is 36.4 Å². The van der Waals surface area contributed by atoms with Crippen LogP contribution in [0.4, 0.5) is 11.4 Å². The van der Waals surface area contributed by atoms with E-state index >= 15 is 0 Å². The molecule has 2 heterocycles. The maximum absolute atomic E-state index is 13.4. The van der Waals surface area contributed by atoms with Crippen molar-refractivity contribution in [2.24, 2.45) is 0 Å². The molecule has 8 nitrogen and oxygen atoms in total. The number of hydrogen-bond acceptors (Lipinski definition) is 5. The summed E-state index contributed by atoms with van der Waals surface area (Å²) in [5.41, 5.74) is 1.87. The van der Waals surface area contributed by atoms with E-state index in [2.05, 4.69) is 5.32 Å². The molecule has 1 saturated heterocycles. The number of fused-ring (bicyclic) bond motifs is 3. The lowest BCUT2D eigenvalue weighted by atomic mass is 10.0. The van der Waals surface area contributed by atoms with Gasteiger partial charge < -0.3 is 5.32 Å². The van der Waals surface area contributed by atoms with Gasteiger partial charge in [-0.05, 0) is 61.4 Å². The van der Waals surface area contributed by atoms with Gasteiger partial charge in [0.25, 0.3) is 10.0 Å². The van der Waals surface area contributed by atoms with E-state index in [0.717, 1.165) is 30.0 Å². The summed E-state index contributed by atoms with van der Waals surface area (Å²) in [5, 5.41) is 3.13. The molecule has 0 radical (unpaired) electrons. The molecule has 2 aliphatic heterocycles.